The summed E-state index contributed by atoms with van der Waals surface area (Å²) in [7, 11) is 1.61. The van der Waals surface area contributed by atoms with Crippen LogP contribution in [0.1, 0.15) is 45.1 Å². The normalized spacial score (nSPS) is 21.4. The first kappa shape index (κ1) is 17.9. The second kappa shape index (κ2) is 7.95. The van der Waals surface area contributed by atoms with Crippen LogP contribution >= 0.6 is 11.8 Å². The molecule has 1 aliphatic carbocycles. The summed E-state index contributed by atoms with van der Waals surface area (Å²) in [4.78, 5) is 17.6. The third-order valence-electron chi connectivity index (χ3n) is 4.14. The molecule has 134 valence electrons. The molecule has 3 rings (SSSR count). The number of methoxy groups -OCH3 is 1. The van der Waals surface area contributed by atoms with Crippen molar-refractivity contribution in [3.8, 4) is 11.5 Å². The molecule has 6 heteroatoms. The molecule has 0 spiro atoms. The lowest BCUT2D eigenvalue weighted by atomic mass is 10.1. The molecule has 1 saturated carbocycles. The van der Waals surface area contributed by atoms with Gasteiger partial charge in [-0.2, -0.15) is 0 Å². The number of thioether (sulfide) groups is 1. The van der Waals surface area contributed by atoms with Crippen LogP contribution in [0.25, 0.3) is 6.08 Å². The Labute approximate surface area is 152 Å². The molecule has 1 aromatic carbocycles. The summed E-state index contributed by atoms with van der Waals surface area (Å²) in [6.45, 7) is 3.93. The highest BCUT2D eigenvalue weighted by Crippen LogP contribution is 2.36. The van der Waals surface area contributed by atoms with Crippen molar-refractivity contribution < 1.29 is 14.3 Å². The number of hydrogen-bond donors (Lipinski definition) is 1. The number of para-hydroxylation sites is 1. The number of benzene rings is 1. The van der Waals surface area contributed by atoms with Crippen LogP contribution in [0, 0.1) is 0 Å². The van der Waals surface area contributed by atoms with E-state index >= 15 is 0 Å². The summed E-state index contributed by atoms with van der Waals surface area (Å²) in [6.07, 6.45) is 6.53. The molecule has 1 aliphatic heterocycles. The molecule has 0 unspecified atom stereocenters. The smallest absolute Gasteiger partial charge is 0.264 e. The number of nitrogens with zero attached hydrogens (tertiary/aromatic N) is 1. The Kier molecular flexibility index (Phi) is 5.68. The lowest BCUT2D eigenvalue weighted by Gasteiger charge is -2.16. The summed E-state index contributed by atoms with van der Waals surface area (Å²) in [6, 6.07) is 6.02. The average molecular weight is 360 g/mol. The second-order valence-electron chi connectivity index (χ2n) is 6.48. The number of ether oxygens (including phenoxy) is 2. The Morgan fingerprint density at radius 3 is 2.76 bits per heavy atom. The minimum absolute atomic E-state index is 0.0120. The number of aliphatic imine (C=N–C) groups is 1. The van der Waals surface area contributed by atoms with Crippen molar-refractivity contribution in [2.45, 2.75) is 51.7 Å². The van der Waals surface area contributed by atoms with Gasteiger partial charge in [-0.05, 0) is 50.6 Å². The van der Waals surface area contributed by atoms with Crippen LogP contribution in [-0.2, 0) is 4.79 Å². The predicted molar refractivity (Wildman–Crippen MR) is 102 cm³/mol. The van der Waals surface area contributed by atoms with Crippen molar-refractivity contribution in [2.75, 3.05) is 7.11 Å². The van der Waals surface area contributed by atoms with Crippen LogP contribution in [0.3, 0.4) is 0 Å². The maximum atomic E-state index is 12.3. The van der Waals surface area contributed by atoms with E-state index < -0.39 is 0 Å². The number of carbonyl (C=O) groups excluding carboxylic acids is 1. The van der Waals surface area contributed by atoms with Crippen LogP contribution in [0.4, 0.5) is 0 Å². The Morgan fingerprint density at radius 2 is 2.08 bits per heavy atom. The van der Waals surface area contributed by atoms with Gasteiger partial charge in [-0.25, -0.2) is 0 Å². The molecule has 2 fully saturated rings. The molecule has 0 atom stereocenters. The van der Waals surface area contributed by atoms with E-state index in [1.165, 1.54) is 24.6 Å². The molecule has 1 saturated heterocycles. The van der Waals surface area contributed by atoms with E-state index in [2.05, 4.69) is 10.3 Å². The van der Waals surface area contributed by atoms with Crippen molar-refractivity contribution in [3.63, 3.8) is 0 Å². The molecular weight excluding hydrogens is 336 g/mol. The zero-order chi connectivity index (χ0) is 17.8. The van der Waals surface area contributed by atoms with Crippen LogP contribution in [0.5, 0.6) is 11.5 Å². The molecule has 2 aliphatic rings. The van der Waals surface area contributed by atoms with E-state index in [1.54, 1.807) is 7.11 Å². The van der Waals surface area contributed by atoms with E-state index in [1.807, 2.05) is 38.1 Å². The van der Waals surface area contributed by atoms with Gasteiger partial charge in [0.05, 0.1) is 24.2 Å². The molecule has 5 nitrogen and oxygen atoms in total. The van der Waals surface area contributed by atoms with E-state index in [0.717, 1.165) is 18.4 Å². The molecule has 1 heterocycles. The average Bonchev–Trinajstić information content (AvgIpc) is 3.19. The number of hydrogen-bond acceptors (Lipinski definition) is 5. The highest BCUT2D eigenvalue weighted by atomic mass is 32.2. The number of nitrogens with one attached hydrogen (secondary N) is 1. The van der Waals surface area contributed by atoms with Gasteiger partial charge in [0, 0.05) is 5.56 Å². The number of rotatable bonds is 5. The third-order valence-corrected chi connectivity index (χ3v) is 5.07. The van der Waals surface area contributed by atoms with Gasteiger partial charge in [0.2, 0.25) is 0 Å². The summed E-state index contributed by atoms with van der Waals surface area (Å²) in [5.41, 5.74) is 0.827. The zero-order valence-corrected chi connectivity index (χ0v) is 15.7. The molecular formula is C19H24N2O3S. The molecule has 25 heavy (non-hydrogen) atoms. The Balaban J connectivity index is 1.86. The van der Waals surface area contributed by atoms with Crippen LogP contribution in [0.15, 0.2) is 28.1 Å². The quantitative estimate of drug-likeness (QED) is 0.807. The van der Waals surface area contributed by atoms with Crippen molar-refractivity contribution in [1.29, 1.82) is 0 Å². The summed E-state index contributed by atoms with van der Waals surface area (Å²) in [5, 5.41) is 3.58. The Morgan fingerprint density at radius 1 is 1.32 bits per heavy atom. The maximum absolute atomic E-state index is 12.3. The van der Waals surface area contributed by atoms with E-state index in [-0.39, 0.29) is 12.0 Å². The van der Waals surface area contributed by atoms with Crippen LogP contribution < -0.4 is 14.8 Å². The lowest BCUT2D eigenvalue weighted by Crippen LogP contribution is -2.21. The fourth-order valence-corrected chi connectivity index (χ4v) is 3.88. The first-order chi connectivity index (χ1) is 12.1. The topological polar surface area (TPSA) is 59.9 Å². The first-order valence-electron chi connectivity index (χ1n) is 8.69. The van der Waals surface area contributed by atoms with Gasteiger partial charge in [-0.3, -0.25) is 9.79 Å². The SMILES string of the molecule is COc1cccc(/C=C2\SC(=NC3CCCC3)NC2=O)c1OC(C)C. The molecule has 1 N–H and O–H groups in total. The fraction of sp³-hybridized carbons (Fsp3) is 0.474. The largest absolute Gasteiger partial charge is 0.493 e. The molecule has 1 aromatic rings. The fourth-order valence-electron chi connectivity index (χ4n) is 3.00. The zero-order valence-electron chi connectivity index (χ0n) is 14.9. The van der Waals surface area contributed by atoms with Gasteiger partial charge >= 0.3 is 0 Å². The summed E-state index contributed by atoms with van der Waals surface area (Å²) in [5.74, 6) is 1.20. The van der Waals surface area contributed by atoms with Crippen molar-refractivity contribution in [2.24, 2.45) is 4.99 Å². The van der Waals surface area contributed by atoms with Crippen molar-refractivity contribution in [3.05, 3.63) is 28.7 Å². The highest BCUT2D eigenvalue weighted by molar-refractivity contribution is 8.18. The van der Waals surface area contributed by atoms with Gasteiger partial charge < -0.3 is 14.8 Å². The van der Waals surface area contributed by atoms with E-state index in [4.69, 9.17) is 9.47 Å². The van der Waals surface area contributed by atoms with E-state index in [0.29, 0.717) is 27.6 Å². The van der Waals surface area contributed by atoms with E-state index in [9.17, 15) is 4.79 Å². The molecule has 0 radical (unpaired) electrons. The van der Waals surface area contributed by atoms with Gasteiger partial charge in [-0.15, -0.1) is 0 Å². The Bertz CT molecular complexity index is 707. The minimum Gasteiger partial charge on any atom is -0.493 e. The van der Waals surface area contributed by atoms with Gasteiger partial charge in [0.1, 0.15) is 0 Å². The summed E-state index contributed by atoms with van der Waals surface area (Å²) >= 11 is 1.40. The predicted octanol–water partition coefficient (Wildman–Crippen LogP) is 3.98. The number of amides is 1. The van der Waals surface area contributed by atoms with Gasteiger partial charge in [-0.1, -0.05) is 25.0 Å². The highest BCUT2D eigenvalue weighted by Gasteiger charge is 2.26. The van der Waals surface area contributed by atoms with Gasteiger partial charge in [0.15, 0.2) is 16.7 Å². The molecule has 0 bridgehead atoms. The lowest BCUT2D eigenvalue weighted by molar-refractivity contribution is -0.115. The third kappa shape index (κ3) is 4.37. The monoisotopic (exact) mass is 360 g/mol. The van der Waals surface area contributed by atoms with Crippen LogP contribution in [-0.4, -0.2) is 30.3 Å². The van der Waals surface area contributed by atoms with Crippen molar-refractivity contribution >= 4 is 28.9 Å². The maximum Gasteiger partial charge on any atom is 0.264 e. The van der Waals surface area contributed by atoms with Crippen LogP contribution in [0.2, 0.25) is 0 Å². The van der Waals surface area contributed by atoms with Crippen molar-refractivity contribution in [1.82, 2.24) is 5.32 Å². The first-order valence-corrected chi connectivity index (χ1v) is 9.51. The molecule has 1 amide bonds. The Hall–Kier alpha value is -1.95. The summed E-state index contributed by atoms with van der Waals surface area (Å²) < 4.78 is 11.3. The second-order valence-corrected chi connectivity index (χ2v) is 7.51. The number of amidine groups is 1. The molecule has 0 aromatic heterocycles. The van der Waals surface area contributed by atoms with Gasteiger partial charge in [0.25, 0.3) is 5.91 Å². The minimum atomic E-state index is -0.111. The standard InChI is InChI=1S/C19H24N2O3S/c1-12(2)24-17-13(7-6-10-15(17)23-3)11-16-18(22)21-19(25-16)20-14-8-4-5-9-14/h6-7,10-12,14H,4-5,8-9H2,1-3H3,(H,20,21,22)/b16-11-. The number of carbonyl (C=O) groups is 1.